The Morgan fingerprint density at radius 1 is 0.345 bits per heavy atom. The van der Waals surface area contributed by atoms with Crippen molar-refractivity contribution in [3.63, 3.8) is 0 Å². The number of benzene rings is 9. The molecule has 0 saturated heterocycles. The van der Waals surface area contributed by atoms with Crippen molar-refractivity contribution in [2.75, 3.05) is 0 Å². The molecule has 12 rings (SSSR count). The van der Waals surface area contributed by atoms with Gasteiger partial charge in [-0.1, -0.05) is 182 Å². The van der Waals surface area contributed by atoms with Gasteiger partial charge in [-0.3, -0.25) is 0 Å². The molecule has 9 aromatic carbocycles. The molecule has 58 heavy (non-hydrogen) atoms. The molecule has 0 bridgehead atoms. The molecule has 1 aliphatic carbocycles. The third kappa shape index (κ3) is 4.74. The maximum atomic E-state index is 6.60. The summed E-state index contributed by atoms with van der Waals surface area (Å²) in [6, 6.07) is 73.6. The van der Waals surface area contributed by atoms with Crippen molar-refractivity contribution in [3.05, 3.63) is 229 Å². The molecule has 3 heteroatoms. The predicted molar refractivity (Wildman–Crippen MR) is 236 cm³/mol. The van der Waals surface area contributed by atoms with Crippen molar-refractivity contribution < 1.29 is 4.74 Å². The third-order valence-electron chi connectivity index (χ3n) is 12.2. The Hall–Kier alpha value is -7.62. The maximum absolute atomic E-state index is 6.60. The molecule has 1 spiro atoms. The molecule has 0 saturated carbocycles. The standard InChI is InChI=1S/C55H34N2O/c1-2-16-36(17-3-1)49-34-50(42-20-7-6-19-40(42)38-31-32-41-37(33-38)30-29-35-15-4-5-18-39(35)41)57-54(56-49)44-22-14-26-48-53(44)43-21-8-9-23-45(43)55(48)46-24-10-12-27-51(46)58-52-28-13-11-25-47(52)55/h1-34H. The Kier molecular flexibility index (Phi) is 7.14. The van der Waals surface area contributed by atoms with Gasteiger partial charge in [0.15, 0.2) is 5.82 Å². The summed E-state index contributed by atoms with van der Waals surface area (Å²) in [7, 11) is 0. The molecule has 1 aliphatic heterocycles. The van der Waals surface area contributed by atoms with Gasteiger partial charge in [-0.05, 0) is 79.2 Å². The molecule has 0 unspecified atom stereocenters. The van der Waals surface area contributed by atoms with E-state index in [-0.39, 0.29) is 0 Å². The Balaban J connectivity index is 1.10. The highest BCUT2D eigenvalue weighted by Crippen LogP contribution is 2.63. The minimum absolute atomic E-state index is 0.582. The van der Waals surface area contributed by atoms with Crippen LogP contribution in [-0.2, 0) is 5.41 Å². The predicted octanol–water partition coefficient (Wildman–Crippen LogP) is 13.9. The number of fused-ring (bicyclic) bond motifs is 12. The van der Waals surface area contributed by atoms with Crippen LogP contribution in [0.3, 0.4) is 0 Å². The van der Waals surface area contributed by atoms with Gasteiger partial charge in [-0.15, -0.1) is 0 Å². The van der Waals surface area contributed by atoms with Crippen molar-refractivity contribution >= 4 is 21.5 Å². The summed E-state index contributed by atoms with van der Waals surface area (Å²) in [4.78, 5) is 10.9. The molecule has 2 heterocycles. The second kappa shape index (κ2) is 12.7. The number of ether oxygens (including phenoxy) is 1. The maximum Gasteiger partial charge on any atom is 0.161 e. The first kappa shape index (κ1) is 32.6. The van der Waals surface area contributed by atoms with Crippen LogP contribution in [0.4, 0.5) is 0 Å². The van der Waals surface area contributed by atoms with Crippen LogP contribution in [-0.4, -0.2) is 9.97 Å². The van der Waals surface area contributed by atoms with Crippen LogP contribution in [0.5, 0.6) is 11.5 Å². The van der Waals surface area contributed by atoms with E-state index in [1.54, 1.807) is 0 Å². The Morgan fingerprint density at radius 3 is 1.74 bits per heavy atom. The lowest BCUT2D eigenvalue weighted by Crippen LogP contribution is -2.32. The van der Waals surface area contributed by atoms with E-state index in [4.69, 9.17) is 14.7 Å². The largest absolute Gasteiger partial charge is 0.457 e. The van der Waals surface area contributed by atoms with Gasteiger partial charge in [0.1, 0.15) is 11.5 Å². The molecule has 1 aromatic heterocycles. The summed E-state index contributed by atoms with van der Waals surface area (Å²) in [5.74, 6) is 2.43. The quantitative estimate of drug-likeness (QED) is 0.169. The van der Waals surface area contributed by atoms with Crippen LogP contribution < -0.4 is 4.74 Å². The molecule has 270 valence electrons. The zero-order valence-corrected chi connectivity index (χ0v) is 31.4. The Morgan fingerprint density at radius 2 is 0.931 bits per heavy atom. The molecule has 0 atom stereocenters. The molecule has 2 aliphatic rings. The smallest absolute Gasteiger partial charge is 0.161 e. The average Bonchev–Trinajstić information content (AvgIpc) is 3.59. The van der Waals surface area contributed by atoms with Crippen LogP contribution in [0.15, 0.2) is 206 Å². The van der Waals surface area contributed by atoms with E-state index in [1.165, 1.54) is 38.2 Å². The van der Waals surface area contributed by atoms with E-state index in [0.717, 1.165) is 67.4 Å². The summed E-state index contributed by atoms with van der Waals surface area (Å²) < 4.78 is 6.60. The first-order valence-corrected chi connectivity index (χ1v) is 19.8. The number of nitrogens with zero attached hydrogens (tertiary/aromatic N) is 2. The van der Waals surface area contributed by atoms with Gasteiger partial charge in [0.2, 0.25) is 0 Å². The van der Waals surface area contributed by atoms with Crippen LogP contribution in [0, 0.1) is 0 Å². The topological polar surface area (TPSA) is 35.0 Å². The van der Waals surface area contributed by atoms with Gasteiger partial charge in [0, 0.05) is 27.8 Å². The van der Waals surface area contributed by atoms with E-state index in [1.807, 2.05) is 0 Å². The van der Waals surface area contributed by atoms with Gasteiger partial charge in [-0.25, -0.2) is 9.97 Å². The lowest BCUT2D eigenvalue weighted by Gasteiger charge is -2.39. The zero-order valence-electron chi connectivity index (χ0n) is 31.4. The molecule has 0 radical (unpaired) electrons. The highest BCUT2D eigenvalue weighted by Gasteiger charge is 2.51. The number of rotatable bonds is 4. The van der Waals surface area contributed by atoms with Crippen LogP contribution in [0.25, 0.3) is 77.7 Å². The number of hydrogen-bond acceptors (Lipinski definition) is 3. The second-order valence-corrected chi connectivity index (χ2v) is 15.2. The van der Waals surface area contributed by atoms with Crippen LogP contribution in [0.1, 0.15) is 22.3 Å². The highest BCUT2D eigenvalue weighted by molar-refractivity contribution is 6.08. The van der Waals surface area contributed by atoms with Crippen molar-refractivity contribution in [3.8, 4) is 67.7 Å². The summed E-state index contributed by atoms with van der Waals surface area (Å²) in [5.41, 5.74) is 13.6. The molecule has 10 aromatic rings. The highest BCUT2D eigenvalue weighted by atomic mass is 16.5. The Bertz CT molecular complexity index is 3230. The molecule has 0 N–H and O–H groups in total. The van der Waals surface area contributed by atoms with Crippen LogP contribution >= 0.6 is 0 Å². The van der Waals surface area contributed by atoms with Crippen LogP contribution in [0.2, 0.25) is 0 Å². The van der Waals surface area contributed by atoms with E-state index < -0.39 is 5.41 Å². The van der Waals surface area contributed by atoms with Gasteiger partial charge in [-0.2, -0.15) is 0 Å². The van der Waals surface area contributed by atoms with E-state index in [0.29, 0.717) is 5.82 Å². The van der Waals surface area contributed by atoms with Gasteiger partial charge in [0.25, 0.3) is 0 Å². The van der Waals surface area contributed by atoms with Gasteiger partial charge >= 0.3 is 0 Å². The lowest BCUT2D eigenvalue weighted by molar-refractivity contribution is 0.436. The molecule has 0 fully saturated rings. The SMILES string of the molecule is c1ccc(-c2cc(-c3ccccc3-c3ccc4c(ccc5ccccc54)c3)nc(-c3cccc4c3-c3ccccc3C43c4ccccc4Oc4ccccc43)n2)cc1. The van der Waals surface area contributed by atoms with E-state index in [2.05, 4.69) is 206 Å². The first-order valence-electron chi connectivity index (χ1n) is 19.8. The van der Waals surface area contributed by atoms with Gasteiger partial charge < -0.3 is 4.74 Å². The second-order valence-electron chi connectivity index (χ2n) is 15.2. The third-order valence-corrected chi connectivity index (χ3v) is 12.2. The molecular formula is C55H34N2O. The fraction of sp³-hybridized carbons (Fsp3) is 0.0182. The number of aromatic nitrogens is 2. The summed E-state index contributed by atoms with van der Waals surface area (Å²) >= 11 is 0. The molecule has 0 amide bonds. The van der Waals surface area contributed by atoms with E-state index >= 15 is 0 Å². The first-order chi connectivity index (χ1) is 28.8. The summed E-state index contributed by atoms with van der Waals surface area (Å²) in [6.07, 6.45) is 0. The van der Waals surface area contributed by atoms with E-state index in [9.17, 15) is 0 Å². The summed E-state index contributed by atoms with van der Waals surface area (Å²) in [6.45, 7) is 0. The minimum Gasteiger partial charge on any atom is -0.457 e. The normalized spacial score (nSPS) is 13.1. The van der Waals surface area contributed by atoms with Crippen molar-refractivity contribution in [1.82, 2.24) is 9.97 Å². The monoisotopic (exact) mass is 738 g/mol. The Labute approximate surface area is 336 Å². The zero-order chi connectivity index (χ0) is 38.2. The van der Waals surface area contributed by atoms with Crippen molar-refractivity contribution in [2.24, 2.45) is 0 Å². The lowest BCUT2D eigenvalue weighted by atomic mass is 9.66. The van der Waals surface area contributed by atoms with Crippen molar-refractivity contribution in [2.45, 2.75) is 5.41 Å². The summed E-state index contributed by atoms with van der Waals surface area (Å²) in [5, 5.41) is 4.97. The molecule has 3 nitrogen and oxygen atoms in total. The number of hydrogen-bond donors (Lipinski definition) is 0. The van der Waals surface area contributed by atoms with Gasteiger partial charge in [0.05, 0.1) is 16.8 Å². The minimum atomic E-state index is -0.582. The average molecular weight is 739 g/mol. The molecular weight excluding hydrogens is 705 g/mol. The number of para-hydroxylation sites is 2. The van der Waals surface area contributed by atoms with Crippen molar-refractivity contribution in [1.29, 1.82) is 0 Å². The fourth-order valence-electron chi connectivity index (χ4n) is 9.69. The fourth-order valence-corrected chi connectivity index (χ4v) is 9.69.